The minimum absolute atomic E-state index is 0.149. The van der Waals surface area contributed by atoms with Gasteiger partial charge in [0.15, 0.2) is 11.5 Å². The summed E-state index contributed by atoms with van der Waals surface area (Å²) in [5, 5.41) is 10.4. The lowest BCUT2D eigenvalue weighted by molar-refractivity contribution is -0.158. The fourth-order valence-electron chi connectivity index (χ4n) is 6.04. The molecule has 0 spiro atoms. The van der Waals surface area contributed by atoms with Gasteiger partial charge in [0.2, 0.25) is 6.79 Å². The van der Waals surface area contributed by atoms with Gasteiger partial charge < -0.3 is 28.8 Å². The molecule has 4 aromatic carbocycles. The van der Waals surface area contributed by atoms with Crippen LogP contribution in [0.2, 0.25) is 0 Å². The third kappa shape index (κ3) is 4.61. The molecule has 1 N–H and O–H groups in total. The third-order valence-corrected chi connectivity index (χ3v) is 7.88. The number of carboxylic acid groups (broad SMARTS) is 1. The molecule has 208 valence electrons. The summed E-state index contributed by atoms with van der Waals surface area (Å²) in [4.78, 5) is 26.9. The Morgan fingerprint density at radius 3 is 1.88 bits per heavy atom. The number of carbonyl (C=O) groups excluding carboxylic acids is 1. The van der Waals surface area contributed by atoms with E-state index >= 15 is 0 Å². The Balaban J connectivity index is 1.42. The Kier molecular flexibility index (Phi) is 6.97. The Morgan fingerprint density at radius 2 is 1.27 bits per heavy atom. The molecular formula is C33H28O8. The molecule has 4 aromatic rings. The number of rotatable bonds is 8. The molecule has 1 unspecified atom stereocenters. The number of aliphatic carboxylic acids is 1. The van der Waals surface area contributed by atoms with E-state index in [9.17, 15) is 14.7 Å². The van der Waals surface area contributed by atoms with Gasteiger partial charge in [-0.3, -0.25) is 9.59 Å². The number of fused-ring (bicyclic) bond motifs is 1. The molecule has 1 aliphatic heterocycles. The highest BCUT2D eigenvalue weighted by atomic mass is 16.7. The summed E-state index contributed by atoms with van der Waals surface area (Å²) in [6.45, 7) is 0.149. The molecule has 0 aromatic heterocycles. The fourth-order valence-corrected chi connectivity index (χ4v) is 6.04. The highest BCUT2D eigenvalue weighted by Gasteiger charge is 2.60. The van der Waals surface area contributed by atoms with E-state index in [1.807, 2.05) is 54.6 Å². The maximum Gasteiger partial charge on any atom is 0.315 e. The van der Waals surface area contributed by atoms with Crippen LogP contribution in [-0.4, -0.2) is 38.1 Å². The zero-order chi connectivity index (χ0) is 28.5. The van der Waals surface area contributed by atoms with Crippen LogP contribution in [0, 0.1) is 11.8 Å². The van der Waals surface area contributed by atoms with Gasteiger partial charge in [0.25, 0.3) is 0 Å². The first-order valence-corrected chi connectivity index (χ1v) is 13.2. The largest absolute Gasteiger partial charge is 0.496 e. The van der Waals surface area contributed by atoms with E-state index in [-0.39, 0.29) is 6.79 Å². The highest BCUT2D eigenvalue weighted by molar-refractivity contribution is 5.87. The lowest BCUT2D eigenvalue weighted by atomic mass is 9.52. The molecule has 8 heteroatoms. The van der Waals surface area contributed by atoms with Crippen molar-refractivity contribution in [3.63, 3.8) is 0 Å². The number of esters is 1. The summed E-state index contributed by atoms with van der Waals surface area (Å²) in [6.07, 6.45) is 0. The summed E-state index contributed by atoms with van der Waals surface area (Å²) >= 11 is 0. The van der Waals surface area contributed by atoms with Crippen LogP contribution in [0.25, 0.3) is 11.1 Å². The number of hydrogen-bond acceptors (Lipinski definition) is 7. The molecule has 6 rings (SSSR count). The first-order valence-electron chi connectivity index (χ1n) is 13.2. The van der Waals surface area contributed by atoms with Crippen molar-refractivity contribution in [3.8, 4) is 39.9 Å². The Labute approximate surface area is 237 Å². The van der Waals surface area contributed by atoms with Crippen molar-refractivity contribution in [2.45, 2.75) is 11.8 Å². The van der Waals surface area contributed by atoms with Gasteiger partial charge >= 0.3 is 11.9 Å². The predicted octanol–water partition coefficient (Wildman–Crippen LogP) is 5.90. The van der Waals surface area contributed by atoms with E-state index in [0.29, 0.717) is 45.4 Å². The van der Waals surface area contributed by atoms with Crippen LogP contribution in [0.1, 0.15) is 23.0 Å². The van der Waals surface area contributed by atoms with Gasteiger partial charge in [0.05, 0.1) is 26.1 Å². The quantitative estimate of drug-likeness (QED) is 0.213. The second kappa shape index (κ2) is 10.9. The Hall–Kier alpha value is -4.98. The molecule has 1 heterocycles. The van der Waals surface area contributed by atoms with Crippen molar-refractivity contribution in [1.82, 2.24) is 0 Å². The number of carboxylic acids is 1. The number of hydrogen-bond donors (Lipinski definition) is 1. The first-order chi connectivity index (χ1) is 20.0. The molecule has 8 nitrogen and oxygen atoms in total. The van der Waals surface area contributed by atoms with Crippen LogP contribution in [0.4, 0.5) is 0 Å². The predicted molar refractivity (Wildman–Crippen MR) is 150 cm³/mol. The van der Waals surface area contributed by atoms with Gasteiger partial charge in [-0.25, -0.2) is 0 Å². The molecule has 0 bridgehead atoms. The van der Waals surface area contributed by atoms with E-state index in [1.54, 1.807) is 36.4 Å². The molecule has 0 saturated heterocycles. The number of methoxy groups -OCH3 is 2. The van der Waals surface area contributed by atoms with Crippen LogP contribution < -0.4 is 23.7 Å². The molecule has 1 aliphatic carbocycles. The van der Waals surface area contributed by atoms with Crippen molar-refractivity contribution in [2.24, 2.45) is 11.8 Å². The molecule has 1 saturated carbocycles. The van der Waals surface area contributed by atoms with Crippen LogP contribution in [0.3, 0.4) is 0 Å². The molecule has 0 amide bonds. The molecule has 1 fully saturated rings. The summed E-state index contributed by atoms with van der Waals surface area (Å²) in [7, 11) is 3.06. The van der Waals surface area contributed by atoms with Crippen molar-refractivity contribution in [1.29, 1.82) is 0 Å². The second-order valence-corrected chi connectivity index (χ2v) is 9.91. The Morgan fingerprint density at radius 1 is 0.707 bits per heavy atom. The normalized spacial score (nSPS) is 20.5. The van der Waals surface area contributed by atoms with Crippen LogP contribution >= 0.6 is 0 Å². The summed E-state index contributed by atoms with van der Waals surface area (Å²) < 4.78 is 28.3. The van der Waals surface area contributed by atoms with Gasteiger partial charge in [-0.05, 0) is 47.0 Å². The van der Waals surface area contributed by atoms with Gasteiger partial charge in [-0.2, -0.15) is 0 Å². The lowest BCUT2D eigenvalue weighted by Gasteiger charge is -2.49. The summed E-state index contributed by atoms with van der Waals surface area (Å²) in [6, 6.07) is 27.1. The Bertz CT molecular complexity index is 1560. The van der Waals surface area contributed by atoms with Gasteiger partial charge in [-0.15, -0.1) is 0 Å². The maximum atomic E-state index is 14.2. The zero-order valence-corrected chi connectivity index (χ0v) is 22.5. The highest BCUT2D eigenvalue weighted by Crippen LogP contribution is 2.60. The van der Waals surface area contributed by atoms with Crippen LogP contribution in [0.5, 0.6) is 28.7 Å². The van der Waals surface area contributed by atoms with Crippen molar-refractivity contribution in [2.75, 3.05) is 21.0 Å². The molecule has 2 aliphatic rings. The average Bonchev–Trinajstić information content (AvgIpc) is 3.45. The standard InChI is InChI=1S/C33H28O8/c1-37-23-12-6-4-10-21(23)28-30(32(34)35)29(22-11-5-7-13-24(22)38-2)31(28)33(36)41-25-14-8-3-9-20(25)19-15-16-26-27(17-19)40-18-39-26/h3-17,28-31H,18H2,1-2H3,(H,34,35)/t28-,29?,30-,31-/m1/s1. The topological polar surface area (TPSA) is 101 Å². The van der Waals surface area contributed by atoms with E-state index in [0.717, 1.165) is 5.56 Å². The monoisotopic (exact) mass is 552 g/mol. The fraction of sp³-hybridized carbons (Fsp3) is 0.212. The zero-order valence-electron chi connectivity index (χ0n) is 22.5. The molecular weight excluding hydrogens is 524 g/mol. The van der Waals surface area contributed by atoms with E-state index < -0.39 is 35.6 Å². The van der Waals surface area contributed by atoms with E-state index in [4.69, 9.17) is 23.7 Å². The van der Waals surface area contributed by atoms with E-state index in [1.165, 1.54) is 14.2 Å². The number of carbonyl (C=O) groups is 2. The second-order valence-electron chi connectivity index (χ2n) is 9.91. The van der Waals surface area contributed by atoms with Gasteiger partial charge in [-0.1, -0.05) is 60.7 Å². The number of benzene rings is 4. The minimum atomic E-state index is -1.01. The minimum Gasteiger partial charge on any atom is -0.496 e. The van der Waals surface area contributed by atoms with Crippen molar-refractivity contribution >= 4 is 11.9 Å². The molecule has 4 atom stereocenters. The number of para-hydroxylation sites is 3. The third-order valence-electron chi connectivity index (χ3n) is 7.88. The van der Waals surface area contributed by atoms with Gasteiger partial charge in [0.1, 0.15) is 17.2 Å². The molecule has 41 heavy (non-hydrogen) atoms. The van der Waals surface area contributed by atoms with Crippen molar-refractivity contribution < 1.29 is 38.4 Å². The number of ether oxygens (including phenoxy) is 5. The van der Waals surface area contributed by atoms with Crippen LogP contribution in [-0.2, 0) is 9.59 Å². The van der Waals surface area contributed by atoms with Crippen molar-refractivity contribution in [3.05, 3.63) is 102 Å². The van der Waals surface area contributed by atoms with Gasteiger partial charge in [0, 0.05) is 17.4 Å². The lowest BCUT2D eigenvalue weighted by Crippen LogP contribution is -2.52. The smallest absolute Gasteiger partial charge is 0.315 e. The molecule has 0 radical (unpaired) electrons. The SMILES string of the molecule is COc1ccccc1C1[C@H](C(=O)O)[C@@H](c2ccccc2OC)[C@H]1C(=O)Oc1ccccc1-c1ccc2c(c1)OCO2. The first kappa shape index (κ1) is 26.3. The maximum absolute atomic E-state index is 14.2. The van der Waals surface area contributed by atoms with Crippen LogP contribution in [0.15, 0.2) is 91.0 Å². The summed E-state index contributed by atoms with van der Waals surface area (Å²) in [5.74, 6) is -2.03. The summed E-state index contributed by atoms with van der Waals surface area (Å²) in [5.41, 5.74) is 2.76. The van der Waals surface area contributed by atoms with E-state index in [2.05, 4.69) is 0 Å². The average molecular weight is 553 g/mol.